The molecule has 2 aliphatic rings. The number of benzene rings is 1. The van der Waals surface area contributed by atoms with E-state index in [1.165, 1.54) is 6.42 Å². The number of hydrogen-bond donors (Lipinski definition) is 2. The van der Waals surface area contributed by atoms with Crippen molar-refractivity contribution in [1.82, 2.24) is 35.0 Å². The van der Waals surface area contributed by atoms with Gasteiger partial charge in [-0.15, -0.1) is 11.3 Å². The Morgan fingerprint density at radius 1 is 1.10 bits per heavy atom. The predicted octanol–water partition coefficient (Wildman–Crippen LogP) is 3.15. The monoisotopic (exact) mass is 560 g/mol. The summed E-state index contributed by atoms with van der Waals surface area (Å²) >= 11 is 1.60. The molecule has 40 heavy (non-hydrogen) atoms. The van der Waals surface area contributed by atoms with Crippen LogP contribution in [0.4, 0.5) is 4.79 Å². The van der Waals surface area contributed by atoms with Crippen LogP contribution in [-0.2, 0) is 24.3 Å². The van der Waals surface area contributed by atoms with Crippen LogP contribution in [0.5, 0.6) is 0 Å². The van der Waals surface area contributed by atoms with Crippen molar-refractivity contribution in [2.75, 3.05) is 26.2 Å². The summed E-state index contributed by atoms with van der Waals surface area (Å²) in [5, 5.41) is 18.3. The minimum Gasteiger partial charge on any atom is -0.354 e. The molecule has 1 aromatic carbocycles. The van der Waals surface area contributed by atoms with Crippen molar-refractivity contribution in [2.45, 2.75) is 63.7 Å². The number of thiazole rings is 1. The molecule has 11 heteroatoms. The van der Waals surface area contributed by atoms with Crippen LogP contribution in [-0.4, -0.2) is 74.5 Å². The molecule has 1 aliphatic carbocycles. The number of piperazine rings is 1. The molecule has 0 bridgehead atoms. The molecule has 0 radical (unpaired) electrons. The lowest BCUT2D eigenvalue weighted by Gasteiger charge is -2.41. The molecule has 1 atom stereocenters. The van der Waals surface area contributed by atoms with E-state index in [2.05, 4.69) is 31.6 Å². The van der Waals surface area contributed by atoms with Crippen LogP contribution < -0.4 is 10.6 Å². The van der Waals surface area contributed by atoms with Crippen molar-refractivity contribution in [3.05, 3.63) is 70.2 Å². The van der Waals surface area contributed by atoms with Gasteiger partial charge in [-0.1, -0.05) is 31.4 Å². The third-order valence-electron chi connectivity index (χ3n) is 7.72. The highest BCUT2D eigenvalue weighted by atomic mass is 32.1. The van der Waals surface area contributed by atoms with Crippen LogP contribution in [0, 0.1) is 11.3 Å². The number of aromatic nitrogens is 3. The van der Waals surface area contributed by atoms with Crippen LogP contribution in [0.3, 0.4) is 0 Å². The number of nitrogens with one attached hydrogen (secondary N) is 2. The zero-order valence-electron chi connectivity index (χ0n) is 22.7. The lowest BCUT2D eigenvalue weighted by atomic mass is 9.95. The second-order valence-corrected chi connectivity index (χ2v) is 11.5. The Kier molecular flexibility index (Phi) is 9.42. The van der Waals surface area contributed by atoms with Crippen molar-refractivity contribution in [3.8, 4) is 6.07 Å². The van der Waals surface area contributed by atoms with Gasteiger partial charge in [-0.2, -0.15) is 5.26 Å². The summed E-state index contributed by atoms with van der Waals surface area (Å²) in [4.78, 5) is 39.4. The third-order valence-corrected chi connectivity index (χ3v) is 8.48. The maximum absolute atomic E-state index is 13.5. The topological polar surface area (TPSA) is 119 Å². The summed E-state index contributed by atoms with van der Waals surface area (Å²) in [5.41, 5.74) is 2.71. The van der Waals surface area contributed by atoms with Crippen molar-refractivity contribution in [1.29, 1.82) is 5.26 Å². The Morgan fingerprint density at radius 3 is 2.67 bits per heavy atom. The first-order valence-corrected chi connectivity index (χ1v) is 14.9. The largest absolute Gasteiger partial charge is 0.354 e. The number of urea groups is 1. The maximum atomic E-state index is 13.5. The van der Waals surface area contributed by atoms with E-state index in [9.17, 15) is 9.59 Å². The fourth-order valence-corrected chi connectivity index (χ4v) is 6.15. The van der Waals surface area contributed by atoms with Gasteiger partial charge >= 0.3 is 6.03 Å². The second kappa shape index (κ2) is 13.5. The Morgan fingerprint density at radius 2 is 1.93 bits per heavy atom. The van der Waals surface area contributed by atoms with E-state index < -0.39 is 6.04 Å². The fraction of sp³-hybridized carbons (Fsp3) is 0.483. The molecular formula is C29H36N8O2S. The molecule has 10 nitrogen and oxygen atoms in total. The SMILES string of the molecule is N#Cc1ccc(Cn2cncc2CCNC(=O)[C@H]2CN(Cc3nccs3)CCN2C(=O)NC2CCCCC2)cc1. The smallest absolute Gasteiger partial charge is 0.318 e. The van der Waals surface area contributed by atoms with E-state index in [1.807, 2.05) is 40.4 Å². The highest BCUT2D eigenvalue weighted by Crippen LogP contribution is 2.20. The van der Waals surface area contributed by atoms with Crippen LogP contribution in [0.15, 0.2) is 48.4 Å². The van der Waals surface area contributed by atoms with Gasteiger partial charge in [0.15, 0.2) is 0 Å². The molecule has 0 spiro atoms. The molecule has 3 aromatic rings. The number of carbonyl (C=O) groups excluding carboxylic acids is 2. The van der Waals surface area contributed by atoms with E-state index in [0.717, 1.165) is 41.9 Å². The fourth-order valence-electron chi connectivity index (χ4n) is 5.49. The highest BCUT2D eigenvalue weighted by molar-refractivity contribution is 7.09. The third kappa shape index (κ3) is 7.25. The zero-order valence-corrected chi connectivity index (χ0v) is 23.5. The second-order valence-electron chi connectivity index (χ2n) is 10.5. The van der Waals surface area contributed by atoms with Crippen molar-refractivity contribution in [3.63, 3.8) is 0 Å². The van der Waals surface area contributed by atoms with Gasteiger partial charge in [-0.25, -0.2) is 14.8 Å². The minimum absolute atomic E-state index is 0.138. The lowest BCUT2D eigenvalue weighted by molar-refractivity contribution is -0.127. The van der Waals surface area contributed by atoms with Gasteiger partial charge in [0.2, 0.25) is 5.91 Å². The average molecular weight is 561 g/mol. The summed E-state index contributed by atoms with van der Waals surface area (Å²) in [6.07, 6.45) is 11.5. The molecule has 2 aromatic heterocycles. The summed E-state index contributed by atoms with van der Waals surface area (Å²) in [5.74, 6) is -0.138. The van der Waals surface area contributed by atoms with Gasteiger partial charge in [0.25, 0.3) is 0 Å². The Balaban J connectivity index is 1.19. The first kappa shape index (κ1) is 27.8. The number of carbonyl (C=O) groups is 2. The quantitative estimate of drug-likeness (QED) is 0.415. The number of nitrogens with zero attached hydrogens (tertiary/aromatic N) is 6. The number of rotatable bonds is 9. The molecule has 2 N–H and O–H groups in total. The van der Waals surface area contributed by atoms with Crippen molar-refractivity contribution >= 4 is 23.3 Å². The van der Waals surface area contributed by atoms with Crippen LogP contribution >= 0.6 is 11.3 Å². The van der Waals surface area contributed by atoms with Gasteiger partial charge in [0.1, 0.15) is 11.0 Å². The van der Waals surface area contributed by atoms with Gasteiger partial charge in [-0.05, 0) is 30.5 Å². The molecule has 1 saturated heterocycles. The van der Waals surface area contributed by atoms with Gasteiger partial charge < -0.3 is 20.1 Å². The van der Waals surface area contributed by atoms with E-state index >= 15 is 0 Å². The molecule has 1 saturated carbocycles. The molecule has 3 amide bonds. The lowest BCUT2D eigenvalue weighted by Crippen LogP contribution is -2.63. The molecule has 210 valence electrons. The van der Waals surface area contributed by atoms with E-state index in [0.29, 0.717) is 51.3 Å². The van der Waals surface area contributed by atoms with Crippen molar-refractivity contribution < 1.29 is 9.59 Å². The van der Waals surface area contributed by atoms with Crippen LogP contribution in [0.25, 0.3) is 0 Å². The Hall–Kier alpha value is -3.75. The predicted molar refractivity (Wildman–Crippen MR) is 152 cm³/mol. The first-order valence-electron chi connectivity index (χ1n) is 14.0. The summed E-state index contributed by atoms with van der Waals surface area (Å²) in [6.45, 7) is 3.43. The molecule has 3 heterocycles. The number of imidazole rings is 1. The minimum atomic E-state index is -0.569. The Bertz CT molecular complexity index is 1290. The van der Waals surface area contributed by atoms with Gasteiger partial charge in [-0.3, -0.25) is 9.69 Å². The average Bonchev–Trinajstić information content (AvgIpc) is 3.66. The standard InChI is InChI=1S/C29H36N8O2S/c30-16-22-6-8-23(9-7-22)18-36-21-31-17-25(36)10-11-33-28(38)26-19-35(20-27-32-12-15-40-27)13-14-37(26)29(39)34-24-4-2-1-3-5-24/h6-9,12,15,17,21,24,26H,1-5,10-11,13-14,18-20H2,(H,33,38)(H,34,39)/t26-/m1/s1. The number of hydrogen-bond acceptors (Lipinski definition) is 7. The van der Waals surface area contributed by atoms with E-state index in [4.69, 9.17) is 5.26 Å². The van der Waals surface area contributed by atoms with Gasteiger partial charge in [0, 0.05) is 68.7 Å². The molecule has 2 fully saturated rings. The summed E-state index contributed by atoms with van der Waals surface area (Å²) < 4.78 is 2.05. The summed E-state index contributed by atoms with van der Waals surface area (Å²) in [6, 6.07) is 9.13. The molecular weight excluding hydrogens is 524 g/mol. The van der Waals surface area contributed by atoms with E-state index in [1.54, 1.807) is 28.8 Å². The molecule has 0 unspecified atom stereocenters. The molecule has 5 rings (SSSR count). The zero-order chi connectivity index (χ0) is 27.7. The first-order chi connectivity index (χ1) is 19.6. The van der Waals surface area contributed by atoms with Crippen LogP contribution in [0.2, 0.25) is 0 Å². The van der Waals surface area contributed by atoms with Gasteiger partial charge in [0.05, 0.1) is 24.5 Å². The van der Waals surface area contributed by atoms with Crippen molar-refractivity contribution in [2.24, 2.45) is 0 Å². The number of amides is 3. The summed E-state index contributed by atoms with van der Waals surface area (Å²) in [7, 11) is 0. The maximum Gasteiger partial charge on any atom is 0.318 e. The highest BCUT2D eigenvalue weighted by Gasteiger charge is 2.36. The van der Waals surface area contributed by atoms with E-state index in [-0.39, 0.29) is 18.0 Å². The number of nitriles is 1. The Labute approximate surface area is 239 Å². The van der Waals surface area contributed by atoms with Crippen LogP contribution in [0.1, 0.15) is 53.9 Å². The normalized spacial score (nSPS) is 18.3. The molecule has 1 aliphatic heterocycles.